The average molecular weight is 369 g/mol. The number of nitrogens with one attached hydrogen (secondary N) is 1. The van der Waals surface area contributed by atoms with Crippen molar-refractivity contribution in [3.63, 3.8) is 0 Å². The fraction of sp³-hybridized carbons (Fsp3) is 0.150. The summed E-state index contributed by atoms with van der Waals surface area (Å²) in [4.78, 5) is 36.3. The van der Waals surface area contributed by atoms with Crippen LogP contribution in [0.4, 0.5) is 5.69 Å². The summed E-state index contributed by atoms with van der Waals surface area (Å²) in [5.41, 5.74) is 0.967. The number of ether oxygens (including phenoxy) is 1. The first-order chi connectivity index (χ1) is 12.5. The van der Waals surface area contributed by atoms with Gasteiger partial charge in [0.25, 0.3) is 5.91 Å². The van der Waals surface area contributed by atoms with E-state index in [9.17, 15) is 14.4 Å². The van der Waals surface area contributed by atoms with Crippen molar-refractivity contribution in [1.82, 2.24) is 0 Å². The molecule has 0 aromatic heterocycles. The van der Waals surface area contributed by atoms with Gasteiger partial charge in [0.2, 0.25) is 0 Å². The summed E-state index contributed by atoms with van der Waals surface area (Å²) in [6, 6.07) is 16.1. The van der Waals surface area contributed by atoms with E-state index in [4.69, 9.17) is 4.74 Å². The van der Waals surface area contributed by atoms with Crippen molar-refractivity contribution in [2.75, 3.05) is 5.32 Å². The van der Waals surface area contributed by atoms with Crippen LogP contribution < -0.4 is 5.32 Å². The summed E-state index contributed by atoms with van der Waals surface area (Å²) in [5.74, 6) is -1.17. The largest absolute Gasteiger partial charge is 0.449 e. The van der Waals surface area contributed by atoms with Crippen LogP contribution in [-0.4, -0.2) is 23.8 Å². The van der Waals surface area contributed by atoms with Gasteiger partial charge in [-0.1, -0.05) is 42.1 Å². The lowest BCUT2D eigenvalue weighted by atomic mass is 10.1. The lowest BCUT2D eigenvalue weighted by molar-refractivity contribution is -0.148. The SMILES string of the molecule is CC(=O)c1cccc(NC(=O)[C@H](C)OC(=O)/C=C/Sc2ccccc2)c1. The number of benzene rings is 2. The van der Waals surface area contributed by atoms with Crippen LogP contribution in [0, 0.1) is 0 Å². The molecule has 0 heterocycles. The van der Waals surface area contributed by atoms with Crippen LogP contribution in [-0.2, 0) is 14.3 Å². The molecule has 26 heavy (non-hydrogen) atoms. The molecule has 1 N–H and O–H groups in total. The normalized spacial score (nSPS) is 11.8. The monoisotopic (exact) mass is 369 g/mol. The Hall–Kier alpha value is -2.86. The minimum Gasteiger partial charge on any atom is -0.449 e. The Balaban J connectivity index is 1.85. The highest BCUT2D eigenvalue weighted by molar-refractivity contribution is 8.02. The molecule has 6 heteroatoms. The molecule has 0 unspecified atom stereocenters. The summed E-state index contributed by atoms with van der Waals surface area (Å²) in [7, 11) is 0. The van der Waals surface area contributed by atoms with Crippen molar-refractivity contribution in [1.29, 1.82) is 0 Å². The number of hydrogen-bond donors (Lipinski definition) is 1. The first kappa shape index (κ1) is 19.5. The average Bonchev–Trinajstić information content (AvgIpc) is 2.62. The molecule has 0 saturated carbocycles. The van der Waals surface area contributed by atoms with Crippen LogP contribution in [0.3, 0.4) is 0 Å². The Labute approximate surface area is 156 Å². The molecule has 2 aromatic rings. The Bertz CT molecular complexity index is 818. The van der Waals surface area contributed by atoms with Gasteiger partial charge < -0.3 is 10.1 Å². The zero-order chi connectivity index (χ0) is 18.9. The van der Waals surface area contributed by atoms with Crippen LogP contribution >= 0.6 is 11.8 Å². The third-order valence-corrected chi connectivity index (χ3v) is 4.17. The summed E-state index contributed by atoms with van der Waals surface area (Å²) in [5, 5.41) is 4.24. The van der Waals surface area contributed by atoms with E-state index in [-0.39, 0.29) is 5.78 Å². The van der Waals surface area contributed by atoms with E-state index in [1.54, 1.807) is 29.7 Å². The lowest BCUT2D eigenvalue weighted by Gasteiger charge is -2.12. The summed E-state index contributed by atoms with van der Waals surface area (Å²) >= 11 is 1.38. The lowest BCUT2D eigenvalue weighted by Crippen LogP contribution is -2.29. The molecule has 2 rings (SSSR count). The van der Waals surface area contributed by atoms with Crippen LogP contribution in [0.15, 0.2) is 71.0 Å². The number of ketones is 1. The Kier molecular flexibility index (Phi) is 7.17. The smallest absolute Gasteiger partial charge is 0.332 e. The highest BCUT2D eigenvalue weighted by Gasteiger charge is 2.17. The zero-order valence-electron chi connectivity index (χ0n) is 14.5. The van der Waals surface area contributed by atoms with Gasteiger partial charge in [-0.05, 0) is 43.5 Å². The first-order valence-electron chi connectivity index (χ1n) is 7.96. The number of amides is 1. The molecule has 2 aromatic carbocycles. The van der Waals surface area contributed by atoms with Gasteiger partial charge in [0.15, 0.2) is 11.9 Å². The van der Waals surface area contributed by atoms with Crippen LogP contribution in [0.1, 0.15) is 24.2 Å². The third-order valence-electron chi connectivity index (χ3n) is 3.35. The van der Waals surface area contributed by atoms with E-state index in [0.29, 0.717) is 11.3 Å². The number of Topliss-reactive ketones (excluding diaryl/α,β-unsaturated/α-hetero) is 1. The van der Waals surface area contributed by atoms with Crippen molar-refractivity contribution in [3.05, 3.63) is 71.6 Å². The fourth-order valence-electron chi connectivity index (χ4n) is 1.99. The molecule has 0 radical (unpaired) electrons. The molecular formula is C20H19NO4S. The number of hydrogen-bond acceptors (Lipinski definition) is 5. The van der Waals surface area contributed by atoms with Crippen molar-refractivity contribution in [2.45, 2.75) is 24.8 Å². The Morgan fingerprint density at radius 1 is 1.08 bits per heavy atom. The minimum absolute atomic E-state index is 0.0957. The van der Waals surface area contributed by atoms with Crippen LogP contribution in [0.2, 0.25) is 0 Å². The van der Waals surface area contributed by atoms with Crippen LogP contribution in [0.5, 0.6) is 0 Å². The maximum absolute atomic E-state index is 12.1. The van der Waals surface area contributed by atoms with Crippen molar-refractivity contribution in [2.24, 2.45) is 0 Å². The predicted molar refractivity (Wildman–Crippen MR) is 102 cm³/mol. The van der Waals surface area contributed by atoms with E-state index >= 15 is 0 Å². The molecule has 0 aliphatic heterocycles. The predicted octanol–water partition coefficient (Wildman–Crippen LogP) is 4.07. The van der Waals surface area contributed by atoms with Crippen molar-refractivity contribution >= 4 is 35.1 Å². The molecule has 0 aliphatic carbocycles. The van der Waals surface area contributed by atoms with Crippen molar-refractivity contribution < 1.29 is 19.1 Å². The minimum atomic E-state index is -0.963. The number of esters is 1. The van der Waals surface area contributed by atoms with Gasteiger partial charge in [-0.2, -0.15) is 0 Å². The standard InChI is InChI=1S/C20H19NO4S/c1-14(22)16-7-6-8-17(13-16)21-20(24)15(2)25-19(23)11-12-26-18-9-4-3-5-10-18/h3-13,15H,1-2H3,(H,21,24)/b12-11+/t15-/m0/s1. The number of anilines is 1. The van der Waals surface area contributed by atoms with E-state index < -0.39 is 18.0 Å². The molecule has 0 aliphatic rings. The molecule has 0 saturated heterocycles. The molecule has 1 amide bonds. The molecule has 0 fully saturated rings. The molecule has 1 atom stereocenters. The maximum atomic E-state index is 12.1. The van der Waals surface area contributed by atoms with E-state index in [1.165, 1.54) is 31.7 Å². The van der Waals surface area contributed by atoms with Gasteiger partial charge in [0, 0.05) is 22.2 Å². The van der Waals surface area contributed by atoms with Gasteiger partial charge in [0.1, 0.15) is 0 Å². The summed E-state index contributed by atoms with van der Waals surface area (Å²) < 4.78 is 5.08. The summed E-state index contributed by atoms with van der Waals surface area (Å²) in [6.07, 6.45) is 0.313. The first-order valence-corrected chi connectivity index (χ1v) is 8.84. The van der Waals surface area contributed by atoms with Crippen molar-refractivity contribution in [3.8, 4) is 0 Å². The zero-order valence-corrected chi connectivity index (χ0v) is 15.3. The molecular weight excluding hydrogens is 350 g/mol. The quantitative estimate of drug-likeness (QED) is 0.345. The highest BCUT2D eigenvalue weighted by atomic mass is 32.2. The topological polar surface area (TPSA) is 72.5 Å². The molecule has 0 bridgehead atoms. The van der Waals surface area contributed by atoms with E-state index in [2.05, 4.69) is 5.32 Å². The van der Waals surface area contributed by atoms with Gasteiger partial charge in [0.05, 0.1) is 0 Å². The molecule has 0 spiro atoms. The second-order valence-electron chi connectivity index (χ2n) is 5.44. The Morgan fingerprint density at radius 2 is 1.81 bits per heavy atom. The third kappa shape index (κ3) is 6.22. The second kappa shape index (κ2) is 9.58. The fourth-order valence-corrected chi connectivity index (χ4v) is 2.64. The number of thioether (sulfide) groups is 1. The summed E-state index contributed by atoms with van der Waals surface area (Å²) in [6.45, 7) is 2.94. The molecule has 134 valence electrons. The van der Waals surface area contributed by atoms with E-state index in [0.717, 1.165) is 4.90 Å². The van der Waals surface area contributed by atoms with Gasteiger partial charge in [-0.15, -0.1) is 0 Å². The van der Waals surface area contributed by atoms with Gasteiger partial charge in [-0.25, -0.2) is 4.79 Å². The second-order valence-corrected chi connectivity index (χ2v) is 6.42. The number of carbonyl (C=O) groups excluding carboxylic acids is 3. The number of carbonyl (C=O) groups is 3. The molecule has 5 nitrogen and oxygen atoms in total. The van der Waals surface area contributed by atoms with Gasteiger partial charge in [-0.3, -0.25) is 9.59 Å². The Morgan fingerprint density at radius 3 is 2.50 bits per heavy atom. The highest BCUT2D eigenvalue weighted by Crippen LogP contribution is 2.18. The van der Waals surface area contributed by atoms with Gasteiger partial charge >= 0.3 is 5.97 Å². The van der Waals surface area contributed by atoms with E-state index in [1.807, 2.05) is 30.3 Å². The van der Waals surface area contributed by atoms with Crippen LogP contribution in [0.25, 0.3) is 0 Å². The maximum Gasteiger partial charge on any atom is 0.332 e. The number of rotatable bonds is 7.